The van der Waals surface area contributed by atoms with Gasteiger partial charge in [-0.25, -0.2) is 0 Å². The number of rotatable bonds is 7. The molecule has 1 N–H and O–H groups in total. The van der Waals surface area contributed by atoms with Gasteiger partial charge in [-0.05, 0) is 46.2 Å². The third kappa shape index (κ3) is 2.96. The Bertz CT molecular complexity index is 254. The van der Waals surface area contributed by atoms with E-state index >= 15 is 0 Å². The number of nitrogens with one attached hydrogen (secondary N) is 1. The minimum absolute atomic E-state index is 0.323. The minimum Gasteiger partial charge on any atom is -0.301 e. The van der Waals surface area contributed by atoms with Crippen LogP contribution in [0.1, 0.15) is 39.5 Å². The number of hydrogen-bond acceptors (Lipinski definition) is 3. The molecule has 1 rings (SSSR count). The predicted octanol–water partition coefficient (Wildman–Crippen LogP) is 2.00. The summed E-state index contributed by atoms with van der Waals surface area (Å²) in [5, 5.41) is 12.7. The summed E-state index contributed by atoms with van der Waals surface area (Å²) in [4.78, 5) is 2.32. The van der Waals surface area contributed by atoms with Crippen molar-refractivity contribution in [2.45, 2.75) is 51.1 Å². The van der Waals surface area contributed by atoms with Crippen molar-refractivity contribution in [3.8, 4) is 6.07 Å². The zero-order valence-electron chi connectivity index (χ0n) is 11.1. The molecule has 0 bridgehead atoms. The van der Waals surface area contributed by atoms with Gasteiger partial charge in [0.1, 0.15) is 5.54 Å². The maximum absolute atomic E-state index is 9.41. The first-order valence-electron chi connectivity index (χ1n) is 6.40. The minimum atomic E-state index is -0.323. The van der Waals surface area contributed by atoms with Gasteiger partial charge in [0, 0.05) is 12.6 Å². The lowest BCUT2D eigenvalue weighted by Gasteiger charge is -2.34. The predicted molar refractivity (Wildman–Crippen MR) is 67.1 cm³/mol. The van der Waals surface area contributed by atoms with Crippen LogP contribution in [-0.2, 0) is 0 Å². The lowest BCUT2D eigenvalue weighted by atomic mass is 9.94. The highest BCUT2D eigenvalue weighted by Crippen LogP contribution is 2.39. The average molecular weight is 223 g/mol. The van der Waals surface area contributed by atoms with Crippen LogP contribution in [-0.4, -0.2) is 37.1 Å². The fraction of sp³-hybridized carbons (Fsp3) is 0.923. The highest BCUT2D eigenvalue weighted by atomic mass is 15.2. The standard InChI is InChI=1S/C13H25N3/c1-5-6-11(2)16(4)10-13(9-14,15-3)12-7-8-12/h11-12,15H,5-8,10H2,1-4H3. The van der Waals surface area contributed by atoms with Crippen LogP contribution in [0.5, 0.6) is 0 Å². The van der Waals surface area contributed by atoms with E-state index in [0.717, 1.165) is 6.54 Å². The van der Waals surface area contributed by atoms with Gasteiger partial charge in [0.2, 0.25) is 0 Å². The second-order valence-corrected chi connectivity index (χ2v) is 5.16. The molecule has 3 heteroatoms. The summed E-state index contributed by atoms with van der Waals surface area (Å²) in [6, 6.07) is 3.06. The lowest BCUT2D eigenvalue weighted by Crippen LogP contribution is -2.53. The van der Waals surface area contributed by atoms with Crippen molar-refractivity contribution in [2.75, 3.05) is 20.6 Å². The van der Waals surface area contributed by atoms with Crippen LogP contribution < -0.4 is 5.32 Å². The lowest BCUT2D eigenvalue weighted by molar-refractivity contribution is 0.184. The summed E-state index contributed by atoms with van der Waals surface area (Å²) in [7, 11) is 4.05. The molecule has 0 amide bonds. The van der Waals surface area contributed by atoms with Crippen LogP contribution in [0.2, 0.25) is 0 Å². The number of likely N-dealkylation sites (N-methyl/N-ethyl adjacent to an activating group) is 2. The molecule has 1 aliphatic carbocycles. The molecule has 1 saturated carbocycles. The third-order valence-corrected chi connectivity index (χ3v) is 3.88. The zero-order valence-corrected chi connectivity index (χ0v) is 11.1. The van der Waals surface area contributed by atoms with Crippen molar-refractivity contribution < 1.29 is 0 Å². The van der Waals surface area contributed by atoms with Crippen LogP contribution in [0.4, 0.5) is 0 Å². The molecule has 16 heavy (non-hydrogen) atoms. The van der Waals surface area contributed by atoms with Crippen molar-refractivity contribution in [1.82, 2.24) is 10.2 Å². The Kier molecular flexibility index (Phi) is 4.76. The molecular weight excluding hydrogens is 198 g/mol. The van der Waals surface area contributed by atoms with Crippen LogP contribution in [0.25, 0.3) is 0 Å². The van der Waals surface area contributed by atoms with Crippen molar-refractivity contribution in [2.24, 2.45) is 5.92 Å². The van der Waals surface area contributed by atoms with E-state index in [9.17, 15) is 5.26 Å². The molecule has 0 aromatic rings. The summed E-state index contributed by atoms with van der Waals surface area (Å²) < 4.78 is 0. The number of nitriles is 1. The number of hydrogen-bond donors (Lipinski definition) is 1. The fourth-order valence-electron chi connectivity index (χ4n) is 2.36. The van der Waals surface area contributed by atoms with Gasteiger partial charge in [-0.2, -0.15) is 5.26 Å². The van der Waals surface area contributed by atoms with Gasteiger partial charge in [-0.15, -0.1) is 0 Å². The molecule has 0 aromatic heterocycles. The smallest absolute Gasteiger partial charge is 0.122 e. The topological polar surface area (TPSA) is 39.1 Å². The largest absolute Gasteiger partial charge is 0.301 e. The van der Waals surface area contributed by atoms with Crippen LogP contribution in [0, 0.1) is 17.2 Å². The summed E-state index contributed by atoms with van der Waals surface area (Å²) in [6.07, 6.45) is 4.80. The summed E-state index contributed by atoms with van der Waals surface area (Å²) in [5.41, 5.74) is -0.323. The first-order chi connectivity index (χ1) is 7.59. The molecule has 3 nitrogen and oxygen atoms in total. The quantitative estimate of drug-likeness (QED) is 0.717. The first-order valence-corrected chi connectivity index (χ1v) is 6.40. The number of nitrogens with zero attached hydrogens (tertiary/aromatic N) is 2. The van der Waals surface area contributed by atoms with E-state index in [1.807, 2.05) is 7.05 Å². The highest BCUT2D eigenvalue weighted by molar-refractivity contribution is 5.16. The molecule has 92 valence electrons. The van der Waals surface area contributed by atoms with Crippen LogP contribution >= 0.6 is 0 Å². The highest BCUT2D eigenvalue weighted by Gasteiger charge is 2.45. The molecule has 0 aromatic carbocycles. The van der Waals surface area contributed by atoms with Gasteiger partial charge >= 0.3 is 0 Å². The van der Waals surface area contributed by atoms with Crippen LogP contribution in [0.3, 0.4) is 0 Å². The second-order valence-electron chi connectivity index (χ2n) is 5.16. The van der Waals surface area contributed by atoms with Gasteiger partial charge in [0.05, 0.1) is 6.07 Å². The van der Waals surface area contributed by atoms with E-state index in [0.29, 0.717) is 12.0 Å². The molecule has 0 saturated heterocycles. The van der Waals surface area contributed by atoms with E-state index in [2.05, 4.69) is 37.2 Å². The molecular formula is C13H25N3. The zero-order chi connectivity index (χ0) is 12.2. The van der Waals surface area contributed by atoms with Crippen molar-refractivity contribution in [3.05, 3.63) is 0 Å². The van der Waals surface area contributed by atoms with Gasteiger partial charge < -0.3 is 10.2 Å². The summed E-state index contributed by atoms with van der Waals surface area (Å²) >= 11 is 0. The SMILES string of the molecule is CCCC(C)N(C)CC(C#N)(NC)C1CC1. The van der Waals surface area contributed by atoms with E-state index < -0.39 is 0 Å². The Morgan fingerprint density at radius 2 is 2.19 bits per heavy atom. The van der Waals surface area contributed by atoms with Gasteiger partial charge in [-0.1, -0.05) is 13.3 Å². The molecule has 2 unspecified atom stereocenters. The van der Waals surface area contributed by atoms with E-state index in [1.165, 1.54) is 25.7 Å². The molecule has 0 heterocycles. The summed E-state index contributed by atoms with van der Waals surface area (Å²) in [6.45, 7) is 5.29. The molecule has 1 aliphatic rings. The maximum atomic E-state index is 9.41. The molecule has 2 atom stereocenters. The normalized spacial score (nSPS) is 21.5. The summed E-state index contributed by atoms with van der Waals surface area (Å²) in [5.74, 6) is 0.554. The Hall–Kier alpha value is -0.590. The van der Waals surface area contributed by atoms with Crippen molar-refractivity contribution in [1.29, 1.82) is 5.26 Å². The Morgan fingerprint density at radius 1 is 1.56 bits per heavy atom. The molecule has 0 aliphatic heterocycles. The Balaban J connectivity index is 2.58. The van der Waals surface area contributed by atoms with E-state index in [4.69, 9.17) is 0 Å². The van der Waals surface area contributed by atoms with E-state index in [1.54, 1.807) is 0 Å². The second kappa shape index (κ2) is 5.65. The van der Waals surface area contributed by atoms with Gasteiger partial charge in [-0.3, -0.25) is 0 Å². The van der Waals surface area contributed by atoms with Crippen LogP contribution in [0.15, 0.2) is 0 Å². The molecule has 0 radical (unpaired) electrons. The fourth-order valence-corrected chi connectivity index (χ4v) is 2.36. The first kappa shape index (κ1) is 13.5. The van der Waals surface area contributed by atoms with E-state index in [-0.39, 0.29) is 5.54 Å². The van der Waals surface area contributed by atoms with Crippen molar-refractivity contribution >= 4 is 0 Å². The third-order valence-electron chi connectivity index (χ3n) is 3.88. The molecule has 0 spiro atoms. The monoisotopic (exact) mass is 223 g/mol. The average Bonchev–Trinajstić information content (AvgIpc) is 3.10. The maximum Gasteiger partial charge on any atom is 0.122 e. The van der Waals surface area contributed by atoms with Gasteiger partial charge in [0.25, 0.3) is 0 Å². The van der Waals surface area contributed by atoms with Gasteiger partial charge in [0.15, 0.2) is 0 Å². The van der Waals surface area contributed by atoms with Crippen molar-refractivity contribution in [3.63, 3.8) is 0 Å². The molecule has 1 fully saturated rings. The Morgan fingerprint density at radius 3 is 2.56 bits per heavy atom. The Labute approximate surface area is 99.8 Å².